The zero-order valence-electron chi connectivity index (χ0n) is 17.5. The Balaban J connectivity index is 1.30. The lowest BCUT2D eigenvalue weighted by atomic mass is 9.87. The summed E-state index contributed by atoms with van der Waals surface area (Å²) in [6.07, 6.45) is 1.96. The number of anilines is 1. The second-order valence-electron chi connectivity index (χ2n) is 7.84. The van der Waals surface area contributed by atoms with E-state index in [1.807, 2.05) is 30.3 Å². The first kappa shape index (κ1) is 20.9. The molecule has 0 aromatic heterocycles. The Morgan fingerprint density at radius 1 is 1.19 bits per heavy atom. The van der Waals surface area contributed by atoms with E-state index in [9.17, 15) is 14.4 Å². The number of esters is 1. The van der Waals surface area contributed by atoms with Crippen LogP contribution < -0.4 is 15.0 Å². The molecule has 7 heteroatoms. The summed E-state index contributed by atoms with van der Waals surface area (Å²) in [4.78, 5) is 38.7. The van der Waals surface area contributed by atoms with E-state index < -0.39 is 12.1 Å². The third-order valence-corrected chi connectivity index (χ3v) is 5.71. The molecular weight excluding hydrogens is 396 g/mol. The largest absolute Gasteiger partial charge is 0.482 e. The van der Waals surface area contributed by atoms with Gasteiger partial charge in [-0.25, -0.2) is 0 Å². The summed E-state index contributed by atoms with van der Waals surface area (Å²) in [5, 5.41) is 3.01. The van der Waals surface area contributed by atoms with Gasteiger partial charge in [-0.15, -0.1) is 0 Å². The molecule has 2 atom stereocenters. The standard InChI is InChI=1S/C24H26N2O5/c1-16(24(29)25-19-10-6-8-17-7-2-3-9-18(17)19)31-23(28)13-14-26-20-11-4-5-12-21(20)30-15-22(26)27/h2-5,7,9,11-12,16,19H,6,8,10,13-15H2,1H3,(H,25,29)/t16-,19-/m0/s1. The zero-order chi connectivity index (χ0) is 21.8. The molecule has 0 saturated carbocycles. The SMILES string of the molecule is C[C@H](OC(=O)CCN1C(=O)COc2ccccc21)C(=O)N[C@H]1CCCc2ccccc21. The molecule has 2 aliphatic rings. The minimum absolute atomic E-state index is 0.00996. The predicted molar refractivity (Wildman–Crippen MR) is 115 cm³/mol. The van der Waals surface area contributed by atoms with Gasteiger partial charge in [0, 0.05) is 6.54 Å². The monoisotopic (exact) mass is 422 g/mol. The van der Waals surface area contributed by atoms with Crippen LogP contribution in [0.1, 0.15) is 43.4 Å². The fourth-order valence-electron chi connectivity index (χ4n) is 4.10. The highest BCUT2D eigenvalue weighted by atomic mass is 16.5. The van der Waals surface area contributed by atoms with Crippen LogP contribution in [-0.2, 0) is 25.5 Å². The van der Waals surface area contributed by atoms with E-state index in [0.717, 1.165) is 24.8 Å². The molecule has 1 aliphatic carbocycles. The highest BCUT2D eigenvalue weighted by Crippen LogP contribution is 2.32. The summed E-state index contributed by atoms with van der Waals surface area (Å²) < 4.78 is 10.7. The zero-order valence-corrected chi connectivity index (χ0v) is 17.5. The molecule has 2 aromatic rings. The van der Waals surface area contributed by atoms with Gasteiger partial charge in [-0.3, -0.25) is 14.4 Å². The molecular formula is C24H26N2O5. The Morgan fingerprint density at radius 2 is 1.97 bits per heavy atom. The van der Waals surface area contributed by atoms with Crippen molar-refractivity contribution in [2.75, 3.05) is 18.1 Å². The lowest BCUT2D eigenvalue weighted by molar-refractivity contribution is -0.155. The minimum Gasteiger partial charge on any atom is -0.482 e. The number of fused-ring (bicyclic) bond motifs is 2. The molecule has 2 amide bonds. The fourth-order valence-corrected chi connectivity index (χ4v) is 4.10. The van der Waals surface area contributed by atoms with Gasteiger partial charge in [0.15, 0.2) is 12.7 Å². The highest BCUT2D eigenvalue weighted by Gasteiger charge is 2.28. The second-order valence-corrected chi connectivity index (χ2v) is 7.84. The number of ether oxygens (including phenoxy) is 2. The number of hydrogen-bond acceptors (Lipinski definition) is 5. The van der Waals surface area contributed by atoms with E-state index in [0.29, 0.717) is 11.4 Å². The first-order valence-corrected chi connectivity index (χ1v) is 10.6. The van der Waals surface area contributed by atoms with Gasteiger partial charge in [-0.05, 0) is 49.4 Å². The normalized spacial score (nSPS) is 18.3. The Bertz CT molecular complexity index is 989. The van der Waals surface area contributed by atoms with Crippen molar-refractivity contribution in [1.82, 2.24) is 5.32 Å². The van der Waals surface area contributed by atoms with Crippen molar-refractivity contribution in [3.63, 3.8) is 0 Å². The number of nitrogens with one attached hydrogen (secondary N) is 1. The first-order chi connectivity index (χ1) is 15.0. The van der Waals surface area contributed by atoms with Crippen LogP contribution in [-0.4, -0.2) is 37.0 Å². The van der Waals surface area contributed by atoms with Crippen LogP contribution in [0.2, 0.25) is 0 Å². The van der Waals surface area contributed by atoms with Crippen molar-refractivity contribution in [2.45, 2.75) is 44.8 Å². The Kier molecular flexibility index (Phi) is 6.21. The maximum absolute atomic E-state index is 12.6. The van der Waals surface area contributed by atoms with Gasteiger partial charge in [0.25, 0.3) is 11.8 Å². The van der Waals surface area contributed by atoms with E-state index in [4.69, 9.17) is 9.47 Å². The number of aryl methyl sites for hydroxylation is 1. The first-order valence-electron chi connectivity index (χ1n) is 10.6. The van der Waals surface area contributed by atoms with Gasteiger partial charge in [-0.2, -0.15) is 0 Å². The molecule has 0 fully saturated rings. The van der Waals surface area contributed by atoms with Gasteiger partial charge >= 0.3 is 5.97 Å². The molecule has 0 radical (unpaired) electrons. The predicted octanol–water partition coefficient (Wildman–Crippen LogP) is 2.93. The fraction of sp³-hybridized carbons (Fsp3) is 0.375. The van der Waals surface area contributed by atoms with Crippen molar-refractivity contribution in [1.29, 1.82) is 0 Å². The summed E-state index contributed by atoms with van der Waals surface area (Å²) in [7, 11) is 0. The van der Waals surface area contributed by atoms with Crippen molar-refractivity contribution < 1.29 is 23.9 Å². The van der Waals surface area contributed by atoms with Crippen LogP contribution in [0.25, 0.3) is 0 Å². The van der Waals surface area contributed by atoms with Gasteiger partial charge in [0.1, 0.15) is 5.75 Å². The summed E-state index contributed by atoms with van der Waals surface area (Å²) in [5.41, 5.74) is 3.01. The smallest absolute Gasteiger partial charge is 0.308 e. The molecule has 0 unspecified atom stereocenters. The van der Waals surface area contributed by atoms with E-state index >= 15 is 0 Å². The van der Waals surface area contributed by atoms with Crippen LogP contribution >= 0.6 is 0 Å². The number of hydrogen-bond donors (Lipinski definition) is 1. The van der Waals surface area contributed by atoms with Crippen molar-refractivity contribution in [3.8, 4) is 5.75 Å². The molecule has 1 aliphatic heterocycles. The summed E-state index contributed by atoms with van der Waals surface area (Å²) in [5.74, 6) is -0.449. The maximum Gasteiger partial charge on any atom is 0.308 e. The number of carbonyl (C=O) groups is 3. The van der Waals surface area contributed by atoms with Gasteiger partial charge in [0.05, 0.1) is 18.2 Å². The minimum atomic E-state index is -0.908. The Labute approximate surface area is 181 Å². The summed E-state index contributed by atoms with van der Waals surface area (Å²) in [6, 6.07) is 15.2. The molecule has 2 aromatic carbocycles. The van der Waals surface area contributed by atoms with E-state index in [2.05, 4.69) is 11.4 Å². The number of amides is 2. The van der Waals surface area contributed by atoms with Crippen molar-refractivity contribution in [3.05, 3.63) is 59.7 Å². The van der Waals surface area contributed by atoms with Crippen LogP contribution in [0.15, 0.2) is 48.5 Å². The molecule has 162 valence electrons. The molecule has 7 nitrogen and oxygen atoms in total. The molecule has 1 heterocycles. The summed E-state index contributed by atoms with van der Waals surface area (Å²) >= 11 is 0. The second kappa shape index (κ2) is 9.20. The molecule has 1 N–H and O–H groups in total. The average molecular weight is 422 g/mol. The van der Waals surface area contributed by atoms with E-state index in [1.165, 1.54) is 10.5 Å². The van der Waals surface area contributed by atoms with Crippen LogP contribution in [0, 0.1) is 0 Å². The Morgan fingerprint density at radius 3 is 2.84 bits per heavy atom. The maximum atomic E-state index is 12.6. The molecule has 0 saturated heterocycles. The molecule has 0 bridgehead atoms. The number of carbonyl (C=O) groups excluding carboxylic acids is 3. The van der Waals surface area contributed by atoms with Crippen LogP contribution in [0.3, 0.4) is 0 Å². The highest BCUT2D eigenvalue weighted by molar-refractivity contribution is 5.98. The summed E-state index contributed by atoms with van der Waals surface area (Å²) in [6.45, 7) is 1.67. The topological polar surface area (TPSA) is 84.9 Å². The number of benzene rings is 2. The Hall–Kier alpha value is -3.35. The van der Waals surface area contributed by atoms with Gasteiger partial charge in [0.2, 0.25) is 0 Å². The third kappa shape index (κ3) is 4.71. The third-order valence-electron chi connectivity index (χ3n) is 5.71. The van der Waals surface area contributed by atoms with Gasteiger partial charge in [-0.1, -0.05) is 36.4 Å². The van der Waals surface area contributed by atoms with Gasteiger partial charge < -0.3 is 19.7 Å². The van der Waals surface area contributed by atoms with E-state index in [1.54, 1.807) is 19.1 Å². The lowest BCUT2D eigenvalue weighted by Crippen LogP contribution is -2.41. The molecule has 31 heavy (non-hydrogen) atoms. The number of rotatable bonds is 6. The average Bonchev–Trinajstić information content (AvgIpc) is 2.78. The van der Waals surface area contributed by atoms with Crippen LogP contribution in [0.5, 0.6) is 5.75 Å². The molecule has 0 spiro atoms. The lowest BCUT2D eigenvalue weighted by Gasteiger charge is -2.29. The quantitative estimate of drug-likeness (QED) is 0.724. The van der Waals surface area contributed by atoms with E-state index in [-0.39, 0.29) is 37.4 Å². The van der Waals surface area contributed by atoms with Crippen LogP contribution in [0.4, 0.5) is 5.69 Å². The molecule has 4 rings (SSSR count). The number of para-hydroxylation sites is 2. The number of nitrogens with zero attached hydrogens (tertiary/aromatic N) is 1. The van der Waals surface area contributed by atoms with Crippen molar-refractivity contribution in [2.24, 2.45) is 0 Å². The van der Waals surface area contributed by atoms with Crippen molar-refractivity contribution >= 4 is 23.5 Å².